The number of aryl methyl sites for hydroxylation is 3. The standard InChI is InChI=1S/C26H25N5O4/c1-16-27-26-28-20-11-13-30(12-10-17-8-9-21(34-3)22(14-17)35-4)25(32)23(20)24(31(26)29-16)18-6-5-7-19(15-18)33-2/h5-9,11,13-15H,10,12H2,1-4H3/p+1. The summed E-state index contributed by atoms with van der Waals surface area (Å²) in [6.45, 7) is 2.35. The van der Waals surface area contributed by atoms with Crippen LogP contribution in [-0.4, -0.2) is 41.0 Å². The molecule has 0 atom stereocenters. The molecule has 2 aromatic carbocycles. The van der Waals surface area contributed by atoms with Crippen LogP contribution in [0.3, 0.4) is 0 Å². The van der Waals surface area contributed by atoms with Crippen LogP contribution in [0.2, 0.25) is 0 Å². The van der Waals surface area contributed by atoms with Crippen LogP contribution in [0.25, 0.3) is 27.9 Å². The lowest BCUT2D eigenvalue weighted by Gasteiger charge is -2.11. The van der Waals surface area contributed by atoms with Crippen LogP contribution in [0.1, 0.15) is 11.4 Å². The van der Waals surface area contributed by atoms with Crippen LogP contribution in [0, 0.1) is 6.92 Å². The summed E-state index contributed by atoms with van der Waals surface area (Å²) in [5.41, 5.74) is 3.01. The van der Waals surface area contributed by atoms with E-state index in [2.05, 4.69) is 15.1 Å². The number of methoxy groups -OCH3 is 3. The average molecular weight is 473 g/mol. The Labute approximate surface area is 201 Å². The number of benzene rings is 2. The molecule has 0 radical (unpaired) electrons. The van der Waals surface area contributed by atoms with Gasteiger partial charge in [-0.25, -0.2) is 5.10 Å². The third-order valence-corrected chi connectivity index (χ3v) is 6.00. The summed E-state index contributed by atoms with van der Waals surface area (Å²) in [7, 11) is 4.84. The maximum absolute atomic E-state index is 13.8. The lowest BCUT2D eigenvalue weighted by atomic mass is 10.1. The Kier molecular flexibility index (Phi) is 5.82. The molecule has 0 aliphatic carbocycles. The maximum Gasteiger partial charge on any atom is 0.458 e. The molecule has 9 heteroatoms. The van der Waals surface area contributed by atoms with Crippen molar-refractivity contribution in [3.8, 4) is 28.5 Å². The number of aromatic nitrogens is 5. The van der Waals surface area contributed by atoms with E-state index in [-0.39, 0.29) is 5.56 Å². The van der Waals surface area contributed by atoms with E-state index in [1.807, 2.05) is 55.5 Å². The number of aromatic amines is 1. The fraction of sp³-hybridized carbons (Fsp3) is 0.231. The van der Waals surface area contributed by atoms with Crippen molar-refractivity contribution in [1.29, 1.82) is 0 Å². The predicted octanol–water partition coefficient (Wildman–Crippen LogP) is 3.10. The van der Waals surface area contributed by atoms with Gasteiger partial charge < -0.3 is 18.8 Å². The van der Waals surface area contributed by atoms with Gasteiger partial charge in [0, 0.05) is 25.2 Å². The summed E-state index contributed by atoms with van der Waals surface area (Å²) in [5, 5.41) is 3.72. The van der Waals surface area contributed by atoms with Gasteiger partial charge in [0.25, 0.3) is 5.56 Å². The molecular formula is C26H26N5O4+. The molecule has 3 aromatic heterocycles. The molecule has 0 aliphatic rings. The van der Waals surface area contributed by atoms with Gasteiger partial charge in [-0.2, -0.15) is 0 Å². The third kappa shape index (κ3) is 4.05. The van der Waals surface area contributed by atoms with Crippen molar-refractivity contribution in [2.45, 2.75) is 19.9 Å². The normalized spacial score (nSPS) is 11.2. The molecule has 35 heavy (non-hydrogen) atoms. The Hall–Kier alpha value is -4.40. The van der Waals surface area contributed by atoms with Crippen LogP contribution in [-0.2, 0) is 13.0 Å². The number of hydrogen-bond acceptors (Lipinski definition) is 6. The van der Waals surface area contributed by atoms with Crippen molar-refractivity contribution in [2.75, 3.05) is 21.3 Å². The predicted molar refractivity (Wildman–Crippen MR) is 131 cm³/mol. The maximum atomic E-state index is 13.8. The fourth-order valence-corrected chi connectivity index (χ4v) is 4.27. The molecular weight excluding hydrogens is 446 g/mol. The summed E-state index contributed by atoms with van der Waals surface area (Å²) in [6, 6.07) is 15.3. The molecule has 0 saturated heterocycles. The van der Waals surface area contributed by atoms with E-state index in [4.69, 9.17) is 14.2 Å². The highest BCUT2D eigenvalue weighted by Gasteiger charge is 2.24. The topological polar surface area (TPSA) is 95.4 Å². The Morgan fingerprint density at radius 2 is 1.80 bits per heavy atom. The number of nitrogens with one attached hydrogen (secondary N) is 1. The minimum absolute atomic E-state index is 0.130. The molecule has 9 nitrogen and oxygen atoms in total. The first-order valence-corrected chi connectivity index (χ1v) is 11.2. The SMILES string of the molecule is COc1cccc(-c2c3c(=O)n(CCc4ccc(OC)c(OC)c4)ccc3nc3nc(C)[nH][n+]23)c1. The van der Waals surface area contributed by atoms with Crippen molar-refractivity contribution in [2.24, 2.45) is 0 Å². The van der Waals surface area contributed by atoms with E-state index < -0.39 is 0 Å². The van der Waals surface area contributed by atoms with Crippen molar-refractivity contribution < 1.29 is 18.7 Å². The molecule has 3 heterocycles. The minimum atomic E-state index is -0.130. The van der Waals surface area contributed by atoms with Gasteiger partial charge in [-0.05, 0) is 42.3 Å². The molecule has 0 saturated carbocycles. The van der Waals surface area contributed by atoms with Gasteiger partial charge in [0.2, 0.25) is 5.82 Å². The van der Waals surface area contributed by atoms with E-state index in [1.54, 1.807) is 36.6 Å². The monoisotopic (exact) mass is 472 g/mol. The summed E-state index contributed by atoms with van der Waals surface area (Å²) in [6.07, 6.45) is 2.43. The number of pyridine rings is 1. The molecule has 5 rings (SSSR count). The van der Waals surface area contributed by atoms with E-state index in [9.17, 15) is 4.79 Å². The number of H-pyrrole nitrogens is 1. The molecule has 5 aromatic rings. The summed E-state index contributed by atoms with van der Waals surface area (Å²) < 4.78 is 19.6. The van der Waals surface area contributed by atoms with Crippen molar-refractivity contribution in [3.05, 3.63) is 76.5 Å². The fourth-order valence-electron chi connectivity index (χ4n) is 4.27. The minimum Gasteiger partial charge on any atom is -0.497 e. The lowest BCUT2D eigenvalue weighted by molar-refractivity contribution is -0.567. The number of fused-ring (bicyclic) bond motifs is 2. The Morgan fingerprint density at radius 3 is 2.57 bits per heavy atom. The second kappa shape index (κ2) is 9.09. The van der Waals surface area contributed by atoms with Crippen molar-refractivity contribution >= 4 is 16.7 Å². The second-order valence-electron chi connectivity index (χ2n) is 8.15. The molecule has 178 valence electrons. The summed E-state index contributed by atoms with van der Waals surface area (Å²) >= 11 is 0. The highest BCUT2D eigenvalue weighted by atomic mass is 16.5. The van der Waals surface area contributed by atoms with Gasteiger partial charge in [-0.1, -0.05) is 28.2 Å². The van der Waals surface area contributed by atoms with Crippen LogP contribution in [0.5, 0.6) is 17.2 Å². The summed E-state index contributed by atoms with van der Waals surface area (Å²) in [5.74, 6) is 3.22. The summed E-state index contributed by atoms with van der Waals surface area (Å²) in [4.78, 5) is 22.9. The molecule has 0 unspecified atom stereocenters. The Morgan fingerprint density at radius 1 is 0.971 bits per heavy atom. The smallest absolute Gasteiger partial charge is 0.458 e. The number of hydrogen-bond donors (Lipinski definition) is 1. The zero-order chi connectivity index (χ0) is 24.5. The largest absolute Gasteiger partial charge is 0.497 e. The molecule has 1 N–H and O–H groups in total. The van der Waals surface area contributed by atoms with Gasteiger partial charge >= 0.3 is 5.78 Å². The van der Waals surface area contributed by atoms with Crippen LogP contribution >= 0.6 is 0 Å². The lowest BCUT2D eigenvalue weighted by Crippen LogP contribution is -2.32. The quantitative estimate of drug-likeness (QED) is 0.366. The highest BCUT2D eigenvalue weighted by molar-refractivity contribution is 5.90. The van der Waals surface area contributed by atoms with Gasteiger partial charge in [0.15, 0.2) is 22.7 Å². The number of rotatable bonds is 7. The molecule has 0 bridgehead atoms. The van der Waals surface area contributed by atoms with Crippen molar-refractivity contribution in [3.63, 3.8) is 0 Å². The van der Waals surface area contributed by atoms with Crippen LogP contribution in [0.4, 0.5) is 0 Å². The molecule has 0 fully saturated rings. The first-order valence-electron chi connectivity index (χ1n) is 11.2. The van der Waals surface area contributed by atoms with E-state index in [0.717, 1.165) is 11.1 Å². The van der Waals surface area contributed by atoms with Gasteiger partial charge in [0.05, 0.1) is 21.3 Å². The Bertz CT molecular complexity index is 1610. The number of ether oxygens (including phenoxy) is 3. The zero-order valence-electron chi connectivity index (χ0n) is 20.0. The first kappa shape index (κ1) is 22.4. The molecule has 0 aliphatic heterocycles. The molecule has 0 spiro atoms. The molecule has 0 amide bonds. The second-order valence-corrected chi connectivity index (χ2v) is 8.15. The van der Waals surface area contributed by atoms with Crippen LogP contribution in [0.15, 0.2) is 59.5 Å². The van der Waals surface area contributed by atoms with E-state index in [0.29, 0.717) is 58.4 Å². The van der Waals surface area contributed by atoms with Crippen LogP contribution < -0.4 is 24.3 Å². The van der Waals surface area contributed by atoms with Gasteiger partial charge in [-0.15, -0.1) is 4.52 Å². The van der Waals surface area contributed by atoms with E-state index in [1.165, 1.54) is 0 Å². The average Bonchev–Trinajstić information content (AvgIpc) is 3.26. The number of nitrogens with zero attached hydrogens (tertiary/aromatic N) is 4. The van der Waals surface area contributed by atoms with Crippen molar-refractivity contribution in [1.82, 2.24) is 19.6 Å². The first-order chi connectivity index (χ1) is 17.0. The zero-order valence-corrected chi connectivity index (χ0v) is 20.0. The highest BCUT2D eigenvalue weighted by Crippen LogP contribution is 2.28. The van der Waals surface area contributed by atoms with Gasteiger partial charge in [0.1, 0.15) is 11.1 Å². The third-order valence-electron chi connectivity index (χ3n) is 6.00. The Balaban J connectivity index is 1.63. The van der Waals surface area contributed by atoms with E-state index >= 15 is 0 Å². The van der Waals surface area contributed by atoms with Gasteiger partial charge in [-0.3, -0.25) is 4.79 Å².